The molecule has 0 atom stereocenters. The first-order valence-corrected chi connectivity index (χ1v) is 6.01. The molecule has 2 aromatic carbocycles. The van der Waals surface area contributed by atoms with Crippen LogP contribution in [0.1, 0.15) is 10.4 Å². The number of benzene rings is 2. The number of hydrogen-bond acceptors (Lipinski definition) is 4. The van der Waals surface area contributed by atoms with E-state index >= 15 is 0 Å². The zero-order valence-corrected chi connectivity index (χ0v) is 11.3. The van der Waals surface area contributed by atoms with Gasteiger partial charge in [0.25, 0.3) is 11.6 Å². The predicted molar refractivity (Wildman–Crippen MR) is 74.0 cm³/mol. The lowest BCUT2D eigenvalue weighted by Crippen LogP contribution is -2.15. The van der Waals surface area contributed by atoms with Crippen molar-refractivity contribution in [3.8, 4) is 5.75 Å². The maximum atomic E-state index is 13.5. The van der Waals surface area contributed by atoms with Crippen LogP contribution >= 0.6 is 0 Å². The van der Waals surface area contributed by atoms with Gasteiger partial charge >= 0.3 is 0 Å². The summed E-state index contributed by atoms with van der Waals surface area (Å²) in [5.41, 5.74) is -1.22. The lowest BCUT2D eigenvalue weighted by atomic mass is 10.1. The second-order valence-electron chi connectivity index (χ2n) is 4.22. The van der Waals surface area contributed by atoms with E-state index in [1.165, 1.54) is 13.2 Å². The standard InChI is InChI=1S/C14H10F2N2O4/c1-22-9-3-5-13(18(20)21)10(7-9)14(19)17-12-6-8(15)2-4-11(12)16/h2-7H,1H3,(H,17,19). The summed E-state index contributed by atoms with van der Waals surface area (Å²) in [7, 11) is 1.33. The van der Waals surface area contributed by atoms with Crippen molar-refractivity contribution in [2.24, 2.45) is 0 Å². The molecule has 0 fully saturated rings. The number of amides is 1. The number of ether oxygens (including phenoxy) is 1. The Morgan fingerprint density at radius 1 is 1.23 bits per heavy atom. The summed E-state index contributed by atoms with van der Waals surface area (Å²) in [5.74, 6) is -2.34. The van der Waals surface area contributed by atoms with Gasteiger partial charge in [0.2, 0.25) is 0 Å². The fourth-order valence-corrected chi connectivity index (χ4v) is 1.77. The van der Waals surface area contributed by atoms with Gasteiger partial charge in [-0.1, -0.05) is 0 Å². The van der Waals surface area contributed by atoms with Crippen molar-refractivity contribution in [3.63, 3.8) is 0 Å². The minimum Gasteiger partial charge on any atom is -0.497 e. The zero-order valence-electron chi connectivity index (χ0n) is 11.3. The zero-order chi connectivity index (χ0) is 16.3. The second-order valence-corrected chi connectivity index (χ2v) is 4.22. The van der Waals surface area contributed by atoms with Crippen LogP contribution in [0.5, 0.6) is 5.75 Å². The molecule has 2 aromatic rings. The SMILES string of the molecule is COc1ccc([N+](=O)[O-])c(C(=O)Nc2cc(F)ccc2F)c1. The van der Waals surface area contributed by atoms with Crippen molar-refractivity contribution in [3.05, 3.63) is 63.7 Å². The molecule has 1 N–H and O–H groups in total. The number of rotatable bonds is 4. The van der Waals surface area contributed by atoms with Gasteiger partial charge in [0.1, 0.15) is 22.9 Å². The van der Waals surface area contributed by atoms with Crippen LogP contribution in [0.4, 0.5) is 20.2 Å². The van der Waals surface area contributed by atoms with Gasteiger partial charge in [0, 0.05) is 12.1 Å². The average molecular weight is 308 g/mol. The Bertz CT molecular complexity index is 750. The summed E-state index contributed by atoms with van der Waals surface area (Å²) in [6.45, 7) is 0. The number of methoxy groups -OCH3 is 1. The van der Waals surface area contributed by atoms with E-state index in [0.29, 0.717) is 0 Å². The molecule has 6 nitrogen and oxygen atoms in total. The molecule has 0 aliphatic rings. The van der Waals surface area contributed by atoms with Gasteiger partial charge in [0.15, 0.2) is 0 Å². The summed E-state index contributed by atoms with van der Waals surface area (Å²) < 4.78 is 31.5. The molecule has 2 rings (SSSR count). The van der Waals surface area contributed by atoms with Crippen molar-refractivity contribution in [1.82, 2.24) is 0 Å². The minimum absolute atomic E-state index is 0.218. The number of anilines is 1. The van der Waals surface area contributed by atoms with Gasteiger partial charge in [0.05, 0.1) is 17.7 Å². The van der Waals surface area contributed by atoms with Crippen molar-refractivity contribution in [1.29, 1.82) is 0 Å². The molecule has 0 saturated carbocycles. The molecule has 0 heterocycles. The van der Waals surface area contributed by atoms with Crippen LogP contribution in [0.3, 0.4) is 0 Å². The van der Waals surface area contributed by atoms with Gasteiger partial charge in [-0.15, -0.1) is 0 Å². The largest absolute Gasteiger partial charge is 0.497 e. The number of hydrogen-bond donors (Lipinski definition) is 1. The lowest BCUT2D eigenvalue weighted by Gasteiger charge is -2.08. The molecule has 0 unspecified atom stereocenters. The molecule has 0 aromatic heterocycles. The quantitative estimate of drug-likeness (QED) is 0.695. The van der Waals surface area contributed by atoms with Crippen LogP contribution in [0.15, 0.2) is 36.4 Å². The van der Waals surface area contributed by atoms with Gasteiger partial charge < -0.3 is 10.1 Å². The maximum Gasteiger partial charge on any atom is 0.282 e. The Labute approximate surface area is 123 Å². The predicted octanol–water partition coefficient (Wildman–Crippen LogP) is 3.13. The van der Waals surface area contributed by atoms with Gasteiger partial charge in [-0.2, -0.15) is 0 Å². The average Bonchev–Trinajstić information content (AvgIpc) is 2.50. The number of carbonyl (C=O) groups excluding carboxylic acids is 1. The third-order valence-electron chi connectivity index (χ3n) is 2.82. The van der Waals surface area contributed by atoms with Crippen LogP contribution in [0, 0.1) is 21.7 Å². The first kappa shape index (κ1) is 15.4. The van der Waals surface area contributed by atoms with Crippen molar-refractivity contribution >= 4 is 17.3 Å². The molecule has 0 aliphatic carbocycles. The molecular formula is C14H10F2N2O4. The molecule has 114 valence electrons. The Balaban J connectivity index is 2.40. The number of nitrogens with zero attached hydrogens (tertiary/aromatic N) is 1. The van der Waals surface area contributed by atoms with Gasteiger partial charge in [-0.3, -0.25) is 14.9 Å². The topological polar surface area (TPSA) is 81.5 Å². The number of halogens is 2. The monoisotopic (exact) mass is 308 g/mol. The van der Waals surface area contributed by atoms with Crippen LogP contribution in [0.25, 0.3) is 0 Å². The Morgan fingerprint density at radius 3 is 2.59 bits per heavy atom. The van der Waals surface area contributed by atoms with Crippen LogP contribution < -0.4 is 10.1 Å². The van der Waals surface area contributed by atoms with Crippen molar-refractivity contribution < 1.29 is 23.2 Å². The summed E-state index contributed by atoms with van der Waals surface area (Å²) >= 11 is 0. The van der Waals surface area contributed by atoms with E-state index in [9.17, 15) is 23.7 Å². The van der Waals surface area contributed by atoms with Crippen molar-refractivity contribution in [2.75, 3.05) is 12.4 Å². The highest BCUT2D eigenvalue weighted by atomic mass is 19.1. The van der Waals surface area contributed by atoms with E-state index in [1.807, 2.05) is 0 Å². The number of nitro groups is 1. The first-order chi connectivity index (χ1) is 10.4. The van der Waals surface area contributed by atoms with Crippen LogP contribution in [-0.2, 0) is 0 Å². The highest BCUT2D eigenvalue weighted by Gasteiger charge is 2.22. The van der Waals surface area contributed by atoms with Crippen LogP contribution in [0.2, 0.25) is 0 Å². The first-order valence-electron chi connectivity index (χ1n) is 6.01. The highest BCUT2D eigenvalue weighted by Crippen LogP contribution is 2.25. The van der Waals surface area contributed by atoms with Gasteiger partial charge in [-0.25, -0.2) is 8.78 Å². The Morgan fingerprint density at radius 2 is 1.95 bits per heavy atom. The minimum atomic E-state index is -0.949. The molecule has 0 aliphatic heterocycles. The van der Waals surface area contributed by atoms with Gasteiger partial charge in [-0.05, 0) is 24.3 Å². The molecule has 0 saturated heterocycles. The molecule has 22 heavy (non-hydrogen) atoms. The summed E-state index contributed by atoms with van der Waals surface area (Å²) in [5, 5.41) is 13.0. The molecule has 0 bridgehead atoms. The normalized spacial score (nSPS) is 10.1. The molecule has 8 heteroatoms. The summed E-state index contributed by atoms with van der Waals surface area (Å²) in [6, 6.07) is 6.06. The number of nitro benzene ring substituents is 1. The summed E-state index contributed by atoms with van der Waals surface area (Å²) in [4.78, 5) is 22.3. The molecule has 1 amide bonds. The van der Waals surface area contributed by atoms with E-state index in [1.54, 1.807) is 0 Å². The third-order valence-corrected chi connectivity index (χ3v) is 2.82. The fraction of sp³-hybridized carbons (Fsp3) is 0.0714. The van der Waals surface area contributed by atoms with E-state index < -0.39 is 33.8 Å². The Kier molecular flexibility index (Phi) is 4.31. The van der Waals surface area contributed by atoms with E-state index in [2.05, 4.69) is 5.32 Å². The second kappa shape index (κ2) is 6.17. The smallest absolute Gasteiger partial charge is 0.282 e. The molecule has 0 radical (unpaired) electrons. The van der Waals surface area contributed by atoms with E-state index in [4.69, 9.17) is 4.74 Å². The van der Waals surface area contributed by atoms with E-state index in [-0.39, 0.29) is 11.3 Å². The molecular weight excluding hydrogens is 298 g/mol. The highest BCUT2D eigenvalue weighted by molar-refractivity contribution is 6.07. The number of carbonyl (C=O) groups is 1. The van der Waals surface area contributed by atoms with Crippen LogP contribution in [-0.4, -0.2) is 17.9 Å². The summed E-state index contributed by atoms with van der Waals surface area (Å²) in [6.07, 6.45) is 0. The fourth-order valence-electron chi connectivity index (χ4n) is 1.77. The lowest BCUT2D eigenvalue weighted by molar-refractivity contribution is -0.385. The maximum absolute atomic E-state index is 13.5. The number of nitrogens with one attached hydrogen (secondary N) is 1. The van der Waals surface area contributed by atoms with E-state index in [0.717, 1.165) is 30.3 Å². The Hall–Kier alpha value is -3.03. The van der Waals surface area contributed by atoms with Crippen molar-refractivity contribution in [2.45, 2.75) is 0 Å². The third kappa shape index (κ3) is 3.17. The molecule has 0 spiro atoms.